The average Bonchev–Trinajstić information content (AvgIpc) is 2.48. The SMILES string of the molecule is COCc1sc(S(=O)(=O)Cl)cc1C(=O)O. The second-order valence-electron chi connectivity index (χ2n) is 2.58. The number of rotatable bonds is 4. The lowest BCUT2D eigenvalue weighted by molar-refractivity contribution is 0.0693. The normalized spacial score (nSPS) is 11.6. The molecular formula is C7H7ClO5S2. The lowest BCUT2D eigenvalue weighted by Gasteiger charge is -1.95. The van der Waals surface area contributed by atoms with Crippen LogP contribution in [0.15, 0.2) is 10.3 Å². The molecule has 5 nitrogen and oxygen atoms in total. The minimum Gasteiger partial charge on any atom is -0.478 e. The van der Waals surface area contributed by atoms with Crippen molar-refractivity contribution in [3.05, 3.63) is 16.5 Å². The summed E-state index contributed by atoms with van der Waals surface area (Å²) < 4.78 is 26.5. The van der Waals surface area contributed by atoms with Crippen LogP contribution in [0.25, 0.3) is 0 Å². The minimum atomic E-state index is -3.88. The Balaban J connectivity index is 3.27. The monoisotopic (exact) mass is 270 g/mol. The van der Waals surface area contributed by atoms with Crippen LogP contribution in [0.4, 0.5) is 0 Å². The van der Waals surface area contributed by atoms with Gasteiger partial charge in [0.2, 0.25) is 0 Å². The molecule has 1 aromatic heterocycles. The Morgan fingerprint density at radius 3 is 2.67 bits per heavy atom. The number of carbonyl (C=O) groups is 1. The third-order valence-corrected chi connectivity index (χ3v) is 4.72. The van der Waals surface area contributed by atoms with Crippen LogP contribution in [-0.4, -0.2) is 26.6 Å². The maximum atomic E-state index is 11.0. The largest absolute Gasteiger partial charge is 0.478 e. The van der Waals surface area contributed by atoms with E-state index >= 15 is 0 Å². The third kappa shape index (κ3) is 2.91. The van der Waals surface area contributed by atoms with Crippen molar-refractivity contribution in [2.45, 2.75) is 10.8 Å². The molecule has 0 fully saturated rings. The Hall–Kier alpha value is -0.630. The number of ether oxygens (including phenoxy) is 1. The molecule has 0 aliphatic rings. The van der Waals surface area contributed by atoms with Crippen LogP contribution in [0, 0.1) is 0 Å². The second kappa shape index (κ2) is 4.48. The van der Waals surface area contributed by atoms with E-state index < -0.39 is 15.0 Å². The Kier molecular flexibility index (Phi) is 3.72. The highest BCUT2D eigenvalue weighted by atomic mass is 35.7. The lowest BCUT2D eigenvalue weighted by Crippen LogP contribution is -1.98. The molecule has 1 N–H and O–H groups in total. The van der Waals surface area contributed by atoms with Crippen LogP contribution in [0.5, 0.6) is 0 Å². The van der Waals surface area contributed by atoms with E-state index in [1.54, 1.807) is 0 Å². The van der Waals surface area contributed by atoms with Crippen molar-refractivity contribution < 1.29 is 23.1 Å². The zero-order chi connectivity index (χ0) is 11.6. The van der Waals surface area contributed by atoms with E-state index in [9.17, 15) is 13.2 Å². The first kappa shape index (κ1) is 12.4. The number of carboxylic acids is 1. The van der Waals surface area contributed by atoms with E-state index in [0.717, 1.165) is 17.4 Å². The number of thiophene rings is 1. The summed E-state index contributed by atoms with van der Waals surface area (Å²) in [7, 11) is 2.60. The molecule has 1 aromatic rings. The van der Waals surface area contributed by atoms with E-state index in [1.807, 2.05) is 0 Å². The summed E-state index contributed by atoms with van der Waals surface area (Å²) in [4.78, 5) is 11.1. The van der Waals surface area contributed by atoms with E-state index in [1.165, 1.54) is 7.11 Å². The van der Waals surface area contributed by atoms with Crippen LogP contribution >= 0.6 is 22.0 Å². The van der Waals surface area contributed by atoms with Gasteiger partial charge in [0, 0.05) is 22.7 Å². The van der Waals surface area contributed by atoms with E-state index in [0.29, 0.717) is 4.88 Å². The maximum Gasteiger partial charge on any atom is 0.336 e. The van der Waals surface area contributed by atoms with Crippen LogP contribution in [0.3, 0.4) is 0 Å². The van der Waals surface area contributed by atoms with Gasteiger partial charge in [-0.05, 0) is 6.07 Å². The Morgan fingerprint density at radius 2 is 2.27 bits per heavy atom. The standard InChI is InChI=1S/C7H7ClO5S2/c1-13-3-5-4(7(9)10)2-6(14-5)15(8,11)12/h2H,3H2,1H3,(H,9,10). The Labute approximate surface area is 94.7 Å². The van der Waals surface area contributed by atoms with Crippen molar-refractivity contribution in [2.24, 2.45) is 0 Å². The summed E-state index contributed by atoms with van der Waals surface area (Å²) in [6, 6.07) is 1.03. The van der Waals surface area contributed by atoms with Gasteiger partial charge in [0.25, 0.3) is 9.05 Å². The molecule has 0 aliphatic carbocycles. The molecule has 15 heavy (non-hydrogen) atoms. The van der Waals surface area contributed by atoms with Gasteiger partial charge in [-0.1, -0.05) is 0 Å². The highest BCUT2D eigenvalue weighted by Crippen LogP contribution is 2.29. The first-order valence-corrected chi connectivity index (χ1v) is 6.78. The summed E-state index contributed by atoms with van der Waals surface area (Å²) >= 11 is 0.794. The van der Waals surface area contributed by atoms with Crippen LogP contribution in [0.2, 0.25) is 0 Å². The molecule has 0 aromatic carbocycles. The molecule has 0 unspecified atom stereocenters. The van der Waals surface area contributed by atoms with Gasteiger partial charge in [0.05, 0.1) is 12.2 Å². The topological polar surface area (TPSA) is 80.7 Å². The predicted octanol–water partition coefficient (Wildman–Crippen LogP) is 1.52. The van der Waals surface area contributed by atoms with Crippen LogP contribution in [0.1, 0.15) is 15.2 Å². The summed E-state index contributed by atoms with van der Waals surface area (Å²) in [5.74, 6) is -1.20. The van der Waals surface area contributed by atoms with Gasteiger partial charge in [0.15, 0.2) is 0 Å². The third-order valence-electron chi connectivity index (χ3n) is 1.53. The molecule has 1 rings (SSSR count). The summed E-state index contributed by atoms with van der Waals surface area (Å²) in [6.07, 6.45) is 0. The number of methoxy groups -OCH3 is 1. The molecule has 0 bridgehead atoms. The van der Waals surface area contributed by atoms with Crippen LogP contribution in [-0.2, 0) is 20.4 Å². The molecule has 0 spiro atoms. The van der Waals surface area contributed by atoms with Crippen molar-refractivity contribution in [1.82, 2.24) is 0 Å². The molecule has 84 valence electrons. The minimum absolute atomic E-state index is 0.0404. The van der Waals surface area contributed by atoms with E-state index in [-0.39, 0.29) is 16.4 Å². The number of halogens is 1. The Morgan fingerprint density at radius 1 is 1.67 bits per heavy atom. The molecule has 8 heteroatoms. The smallest absolute Gasteiger partial charge is 0.336 e. The lowest BCUT2D eigenvalue weighted by atomic mass is 10.3. The summed E-state index contributed by atoms with van der Waals surface area (Å²) in [5, 5.41) is 8.78. The molecule has 0 radical (unpaired) electrons. The highest BCUT2D eigenvalue weighted by Gasteiger charge is 2.21. The van der Waals surface area contributed by atoms with Crippen molar-refractivity contribution >= 4 is 37.0 Å². The van der Waals surface area contributed by atoms with Crippen molar-refractivity contribution in [3.8, 4) is 0 Å². The number of hydrogen-bond donors (Lipinski definition) is 1. The van der Waals surface area contributed by atoms with Gasteiger partial charge in [-0.3, -0.25) is 0 Å². The average molecular weight is 271 g/mol. The molecule has 0 saturated carbocycles. The maximum absolute atomic E-state index is 11.0. The van der Waals surface area contributed by atoms with Gasteiger partial charge >= 0.3 is 5.97 Å². The molecular weight excluding hydrogens is 264 g/mol. The molecule has 0 atom stereocenters. The van der Waals surface area contributed by atoms with Crippen molar-refractivity contribution in [1.29, 1.82) is 0 Å². The van der Waals surface area contributed by atoms with Gasteiger partial charge in [-0.2, -0.15) is 0 Å². The fourth-order valence-electron chi connectivity index (χ4n) is 0.944. The van der Waals surface area contributed by atoms with E-state index in [2.05, 4.69) is 0 Å². The van der Waals surface area contributed by atoms with Gasteiger partial charge < -0.3 is 9.84 Å². The van der Waals surface area contributed by atoms with E-state index in [4.69, 9.17) is 20.5 Å². The zero-order valence-electron chi connectivity index (χ0n) is 7.56. The summed E-state index contributed by atoms with van der Waals surface area (Å²) in [5.41, 5.74) is -0.0962. The van der Waals surface area contributed by atoms with Gasteiger partial charge in [0.1, 0.15) is 4.21 Å². The summed E-state index contributed by atoms with van der Waals surface area (Å²) in [6.45, 7) is 0.0404. The number of aromatic carboxylic acids is 1. The quantitative estimate of drug-likeness (QED) is 0.839. The highest BCUT2D eigenvalue weighted by molar-refractivity contribution is 8.15. The molecule has 1 heterocycles. The van der Waals surface area contributed by atoms with Crippen LogP contribution < -0.4 is 0 Å². The van der Waals surface area contributed by atoms with Crippen molar-refractivity contribution in [3.63, 3.8) is 0 Å². The first-order valence-electron chi connectivity index (χ1n) is 3.66. The van der Waals surface area contributed by atoms with Gasteiger partial charge in [-0.15, -0.1) is 11.3 Å². The predicted molar refractivity (Wildman–Crippen MR) is 55.0 cm³/mol. The molecule has 0 saturated heterocycles. The Bertz CT molecular complexity index is 476. The fraction of sp³-hybridized carbons (Fsp3) is 0.286. The second-order valence-corrected chi connectivity index (χ2v) is 6.51. The zero-order valence-corrected chi connectivity index (χ0v) is 9.95. The first-order chi connectivity index (χ1) is 6.86. The van der Waals surface area contributed by atoms with Crippen molar-refractivity contribution in [2.75, 3.05) is 7.11 Å². The number of carboxylic acid groups (broad SMARTS) is 1. The van der Waals surface area contributed by atoms with Gasteiger partial charge in [-0.25, -0.2) is 13.2 Å². The number of hydrogen-bond acceptors (Lipinski definition) is 5. The fourth-order valence-corrected chi connectivity index (χ4v) is 3.17. The molecule has 0 aliphatic heterocycles. The molecule has 0 amide bonds.